The van der Waals surface area contributed by atoms with E-state index in [0.29, 0.717) is 12.3 Å². The molecule has 0 aromatic rings. The van der Waals surface area contributed by atoms with Gasteiger partial charge in [-0.15, -0.1) is 0 Å². The van der Waals surface area contributed by atoms with Crippen LogP contribution in [0.1, 0.15) is 20.3 Å². The standard InChI is InChI=1S/C6H14O4/c1-5(2)3-6(10-8)4-9-7/h5-8H,3-4H2,1-2H3. The SMILES string of the molecule is CC(C)CC(COO)OO. The van der Waals surface area contributed by atoms with Crippen molar-refractivity contribution in [2.45, 2.75) is 26.4 Å². The predicted octanol–water partition coefficient (Wildman–Crippen LogP) is 1.38. The van der Waals surface area contributed by atoms with Crippen LogP contribution in [0.4, 0.5) is 0 Å². The van der Waals surface area contributed by atoms with Crippen molar-refractivity contribution in [3.8, 4) is 0 Å². The van der Waals surface area contributed by atoms with Crippen LogP contribution in [0.25, 0.3) is 0 Å². The molecule has 1 unspecified atom stereocenters. The maximum atomic E-state index is 8.21. The van der Waals surface area contributed by atoms with E-state index in [2.05, 4.69) is 9.78 Å². The molecule has 62 valence electrons. The molecular formula is C6H14O4. The Hall–Kier alpha value is -0.160. The van der Waals surface area contributed by atoms with Crippen LogP contribution < -0.4 is 0 Å². The molecule has 0 amide bonds. The Labute approximate surface area is 60.2 Å². The van der Waals surface area contributed by atoms with Crippen molar-refractivity contribution in [2.75, 3.05) is 6.61 Å². The summed E-state index contributed by atoms with van der Waals surface area (Å²) in [6.45, 7) is 3.99. The molecule has 0 bridgehead atoms. The highest BCUT2D eigenvalue weighted by Crippen LogP contribution is 2.06. The highest BCUT2D eigenvalue weighted by Gasteiger charge is 2.10. The highest BCUT2D eigenvalue weighted by molar-refractivity contribution is 4.56. The molecule has 0 heterocycles. The zero-order valence-corrected chi connectivity index (χ0v) is 6.28. The molecular weight excluding hydrogens is 136 g/mol. The molecule has 1 atom stereocenters. The molecule has 0 aliphatic rings. The van der Waals surface area contributed by atoms with Crippen LogP contribution in [-0.2, 0) is 9.78 Å². The van der Waals surface area contributed by atoms with E-state index in [1.165, 1.54) is 0 Å². The van der Waals surface area contributed by atoms with Gasteiger partial charge in [0.1, 0.15) is 12.7 Å². The van der Waals surface area contributed by atoms with Crippen molar-refractivity contribution in [2.24, 2.45) is 5.92 Å². The van der Waals surface area contributed by atoms with Crippen molar-refractivity contribution in [1.82, 2.24) is 0 Å². The van der Waals surface area contributed by atoms with Gasteiger partial charge < -0.3 is 0 Å². The lowest BCUT2D eigenvalue weighted by molar-refractivity contribution is -0.328. The summed E-state index contributed by atoms with van der Waals surface area (Å²) in [4.78, 5) is 7.83. The van der Waals surface area contributed by atoms with Crippen molar-refractivity contribution in [3.05, 3.63) is 0 Å². The Balaban J connectivity index is 3.39. The Morgan fingerprint density at radius 1 is 1.30 bits per heavy atom. The third-order valence-corrected chi connectivity index (χ3v) is 1.14. The molecule has 0 rings (SSSR count). The fraction of sp³-hybridized carbons (Fsp3) is 1.00. The van der Waals surface area contributed by atoms with E-state index in [1.807, 2.05) is 13.8 Å². The third kappa shape index (κ3) is 4.69. The molecule has 10 heavy (non-hydrogen) atoms. The lowest BCUT2D eigenvalue weighted by Gasteiger charge is -2.12. The second-order valence-corrected chi connectivity index (χ2v) is 2.65. The first kappa shape index (κ1) is 9.84. The Morgan fingerprint density at radius 2 is 1.90 bits per heavy atom. The van der Waals surface area contributed by atoms with E-state index in [-0.39, 0.29) is 6.61 Å². The minimum absolute atomic E-state index is 0.00861. The summed E-state index contributed by atoms with van der Waals surface area (Å²) in [7, 11) is 0. The van der Waals surface area contributed by atoms with Gasteiger partial charge in [-0.1, -0.05) is 13.8 Å². The van der Waals surface area contributed by atoms with E-state index in [4.69, 9.17) is 10.5 Å². The zero-order chi connectivity index (χ0) is 7.98. The second-order valence-electron chi connectivity index (χ2n) is 2.65. The molecule has 0 aromatic carbocycles. The van der Waals surface area contributed by atoms with E-state index in [0.717, 1.165) is 0 Å². The van der Waals surface area contributed by atoms with E-state index in [1.54, 1.807) is 0 Å². The van der Waals surface area contributed by atoms with Gasteiger partial charge in [0, 0.05) is 0 Å². The second kappa shape index (κ2) is 5.61. The quantitative estimate of drug-likeness (QED) is 0.459. The molecule has 0 aliphatic heterocycles. The van der Waals surface area contributed by atoms with Crippen molar-refractivity contribution < 1.29 is 20.3 Å². The first-order chi connectivity index (χ1) is 4.70. The fourth-order valence-electron chi connectivity index (χ4n) is 0.750. The molecule has 0 saturated heterocycles. The molecule has 0 radical (unpaired) electrons. The molecule has 0 aliphatic carbocycles. The average molecular weight is 150 g/mol. The summed E-state index contributed by atoms with van der Waals surface area (Å²) in [5.74, 6) is 0.410. The van der Waals surface area contributed by atoms with Crippen LogP contribution in [0.3, 0.4) is 0 Å². The summed E-state index contributed by atoms with van der Waals surface area (Å²) < 4.78 is 0. The highest BCUT2D eigenvalue weighted by atomic mass is 17.1. The van der Waals surface area contributed by atoms with Crippen LogP contribution in [0.15, 0.2) is 0 Å². The first-order valence-electron chi connectivity index (χ1n) is 3.27. The molecule has 4 nitrogen and oxygen atoms in total. The Bertz CT molecular complexity index is 74.1. The van der Waals surface area contributed by atoms with Gasteiger partial charge in [-0.25, -0.2) is 9.78 Å². The maximum Gasteiger partial charge on any atom is 0.119 e. The number of hydrogen-bond acceptors (Lipinski definition) is 4. The van der Waals surface area contributed by atoms with Gasteiger partial charge >= 0.3 is 0 Å². The van der Waals surface area contributed by atoms with E-state index < -0.39 is 6.10 Å². The van der Waals surface area contributed by atoms with Crippen LogP contribution in [0.2, 0.25) is 0 Å². The van der Waals surface area contributed by atoms with E-state index >= 15 is 0 Å². The monoisotopic (exact) mass is 150 g/mol. The van der Waals surface area contributed by atoms with Gasteiger partial charge in [-0.2, -0.15) is 0 Å². The lowest BCUT2D eigenvalue weighted by atomic mass is 10.1. The number of rotatable bonds is 5. The minimum Gasteiger partial charge on any atom is -0.252 e. The van der Waals surface area contributed by atoms with Crippen LogP contribution >= 0.6 is 0 Å². The number of hydrogen-bond donors (Lipinski definition) is 2. The van der Waals surface area contributed by atoms with Gasteiger partial charge in [-0.05, 0) is 12.3 Å². The molecule has 0 fully saturated rings. The zero-order valence-electron chi connectivity index (χ0n) is 6.28. The van der Waals surface area contributed by atoms with Gasteiger partial charge in [0.2, 0.25) is 0 Å². The topological polar surface area (TPSA) is 58.9 Å². The van der Waals surface area contributed by atoms with Gasteiger partial charge in [0.15, 0.2) is 0 Å². The van der Waals surface area contributed by atoms with Crippen LogP contribution in [0.5, 0.6) is 0 Å². The normalized spacial score (nSPS) is 14.1. The Kier molecular flexibility index (Phi) is 5.52. The smallest absolute Gasteiger partial charge is 0.119 e. The van der Waals surface area contributed by atoms with Crippen molar-refractivity contribution in [1.29, 1.82) is 0 Å². The summed E-state index contributed by atoms with van der Waals surface area (Å²) >= 11 is 0. The molecule has 0 spiro atoms. The molecule has 0 aromatic heterocycles. The van der Waals surface area contributed by atoms with Crippen LogP contribution in [0, 0.1) is 5.92 Å². The minimum atomic E-state index is -0.426. The summed E-state index contributed by atoms with van der Waals surface area (Å²) in [5, 5.41) is 16.2. The molecule has 4 heteroatoms. The van der Waals surface area contributed by atoms with Crippen LogP contribution in [-0.4, -0.2) is 23.2 Å². The fourth-order valence-corrected chi connectivity index (χ4v) is 0.750. The molecule has 0 saturated carbocycles. The van der Waals surface area contributed by atoms with Gasteiger partial charge in [-0.3, -0.25) is 10.5 Å². The summed E-state index contributed by atoms with van der Waals surface area (Å²) in [5.41, 5.74) is 0. The van der Waals surface area contributed by atoms with Gasteiger partial charge in [0.25, 0.3) is 0 Å². The average Bonchev–Trinajstić information content (AvgIpc) is 1.86. The lowest BCUT2D eigenvalue weighted by Crippen LogP contribution is -2.19. The third-order valence-electron chi connectivity index (χ3n) is 1.14. The van der Waals surface area contributed by atoms with Crippen molar-refractivity contribution in [3.63, 3.8) is 0 Å². The Morgan fingerprint density at radius 3 is 2.20 bits per heavy atom. The van der Waals surface area contributed by atoms with Crippen molar-refractivity contribution >= 4 is 0 Å². The summed E-state index contributed by atoms with van der Waals surface area (Å²) in [6.07, 6.45) is 0.238. The molecule has 2 N–H and O–H groups in total. The van der Waals surface area contributed by atoms with Gasteiger partial charge in [0.05, 0.1) is 0 Å². The predicted molar refractivity (Wildman–Crippen MR) is 35.5 cm³/mol. The maximum absolute atomic E-state index is 8.21. The van der Waals surface area contributed by atoms with E-state index in [9.17, 15) is 0 Å². The largest absolute Gasteiger partial charge is 0.252 e. The summed E-state index contributed by atoms with van der Waals surface area (Å²) in [6, 6.07) is 0. The first-order valence-corrected chi connectivity index (χ1v) is 3.27.